The Bertz CT molecular complexity index is 960. The standard InChI is InChI=1S/C20H24FN3O4S/c1-28-17-6-4-5-16(13-17)14-22-20(25)15-23-9-11-24(12-10-23)29(26,27)19-8-3-2-7-18(19)21/h2-8,13H,9-12,14-15H2,1H3,(H,22,25). The predicted octanol–water partition coefficient (Wildman–Crippen LogP) is 1.46. The SMILES string of the molecule is COc1cccc(CNC(=O)CN2CCN(S(=O)(=O)c3ccccc3F)CC2)c1. The van der Waals surface area contributed by atoms with E-state index < -0.39 is 15.8 Å². The number of rotatable bonds is 7. The van der Waals surface area contributed by atoms with Gasteiger partial charge < -0.3 is 10.1 Å². The summed E-state index contributed by atoms with van der Waals surface area (Å²) < 4.78 is 45.6. The molecule has 0 radical (unpaired) electrons. The van der Waals surface area contributed by atoms with Gasteiger partial charge in [0.25, 0.3) is 0 Å². The van der Waals surface area contributed by atoms with Crippen molar-refractivity contribution in [2.45, 2.75) is 11.4 Å². The van der Waals surface area contributed by atoms with E-state index in [1.165, 1.54) is 22.5 Å². The smallest absolute Gasteiger partial charge is 0.246 e. The summed E-state index contributed by atoms with van der Waals surface area (Å²) in [5, 5.41) is 2.85. The second kappa shape index (κ2) is 9.34. The van der Waals surface area contributed by atoms with Crippen molar-refractivity contribution >= 4 is 15.9 Å². The van der Waals surface area contributed by atoms with Crippen LogP contribution >= 0.6 is 0 Å². The number of nitrogens with one attached hydrogen (secondary N) is 1. The minimum absolute atomic E-state index is 0.141. The lowest BCUT2D eigenvalue weighted by atomic mass is 10.2. The molecule has 156 valence electrons. The average Bonchev–Trinajstić information content (AvgIpc) is 2.73. The van der Waals surface area contributed by atoms with E-state index in [9.17, 15) is 17.6 Å². The zero-order chi connectivity index (χ0) is 20.9. The maximum Gasteiger partial charge on any atom is 0.246 e. The Labute approximate surface area is 170 Å². The number of hydrogen-bond acceptors (Lipinski definition) is 5. The minimum Gasteiger partial charge on any atom is -0.497 e. The molecule has 1 amide bonds. The molecule has 0 aromatic heterocycles. The van der Waals surface area contributed by atoms with Crippen molar-refractivity contribution in [2.24, 2.45) is 0 Å². The normalized spacial score (nSPS) is 15.8. The van der Waals surface area contributed by atoms with Gasteiger partial charge in [0.05, 0.1) is 13.7 Å². The zero-order valence-electron chi connectivity index (χ0n) is 16.2. The number of carbonyl (C=O) groups excluding carboxylic acids is 1. The van der Waals surface area contributed by atoms with Crippen molar-refractivity contribution in [3.63, 3.8) is 0 Å². The van der Waals surface area contributed by atoms with Gasteiger partial charge in [-0.3, -0.25) is 9.69 Å². The third kappa shape index (κ3) is 5.31. The molecule has 0 bridgehead atoms. The second-order valence-electron chi connectivity index (χ2n) is 6.74. The number of carbonyl (C=O) groups is 1. The maximum atomic E-state index is 13.9. The fourth-order valence-corrected chi connectivity index (χ4v) is 4.65. The molecular weight excluding hydrogens is 397 g/mol. The number of hydrogen-bond donors (Lipinski definition) is 1. The first-order valence-corrected chi connectivity index (χ1v) is 10.7. The molecular formula is C20H24FN3O4S. The molecule has 1 aliphatic heterocycles. The number of methoxy groups -OCH3 is 1. The third-order valence-electron chi connectivity index (χ3n) is 4.78. The van der Waals surface area contributed by atoms with Crippen molar-refractivity contribution in [2.75, 3.05) is 39.8 Å². The van der Waals surface area contributed by atoms with Crippen molar-refractivity contribution in [3.8, 4) is 5.75 Å². The quantitative estimate of drug-likeness (QED) is 0.732. The van der Waals surface area contributed by atoms with Crippen LogP contribution in [0.25, 0.3) is 0 Å². The fraction of sp³-hybridized carbons (Fsp3) is 0.350. The Morgan fingerprint density at radius 1 is 1.10 bits per heavy atom. The number of halogens is 1. The molecule has 3 rings (SSSR count). The van der Waals surface area contributed by atoms with Gasteiger partial charge in [0.1, 0.15) is 16.5 Å². The van der Waals surface area contributed by atoms with Crippen LogP contribution in [-0.2, 0) is 21.4 Å². The van der Waals surface area contributed by atoms with E-state index in [2.05, 4.69) is 5.32 Å². The molecule has 0 aliphatic carbocycles. The molecule has 0 atom stereocenters. The number of ether oxygens (including phenoxy) is 1. The number of sulfonamides is 1. The lowest BCUT2D eigenvalue weighted by molar-refractivity contribution is -0.122. The molecule has 29 heavy (non-hydrogen) atoms. The van der Waals surface area contributed by atoms with Gasteiger partial charge in [0.2, 0.25) is 15.9 Å². The van der Waals surface area contributed by atoms with Crippen LogP contribution in [0.1, 0.15) is 5.56 Å². The number of piperazine rings is 1. The molecule has 9 heteroatoms. The Morgan fingerprint density at radius 2 is 1.83 bits per heavy atom. The van der Waals surface area contributed by atoms with Crippen molar-refractivity contribution in [1.82, 2.24) is 14.5 Å². The van der Waals surface area contributed by atoms with Crippen LogP contribution in [-0.4, -0.2) is 63.4 Å². The Hall–Kier alpha value is -2.49. The van der Waals surface area contributed by atoms with E-state index in [0.717, 1.165) is 17.4 Å². The third-order valence-corrected chi connectivity index (χ3v) is 6.71. The van der Waals surface area contributed by atoms with E-state index in [4.69, 9.17) is 4.74 Å². The Balaban J connectivity index is 1.49. The summed E-state index contributed by atoms with van der Waals surface area (Å²) in [4.78, 5) is 13.8. The van der Waals surface area contributed by atoms with Gasteiger partial charge in [0, 0.05) is 32.7 Å². The minimum atomic E-state index is -3.88. The monoisotopic (exact) mass is 421 g/mol. The van der Waals surface area contributed by atoms with E-state index in [1.807, 2.05) is 29.2 Å². The van der Waals surface area contributed by atoms with Crippen LogP contribution in [0.2, 0.25) is 0 Å². The van der Waals surface area contributed by atoms with E-state index in [1.54, 1.807) is 7.11 Å². The average molecular weight is 421 g/mol. The highest BCUT2D eigenvalue weighted by Gasteiger charge is 2.30. The molecule has 1 fully saturated rings. The van der Waals surface area contributed by atoms with Crippen LogP contribution in [0.3, 0.4) is 0 Å². The highest BCUT2D eigenvalue weighted by atomic mass is 32.2. The van der Waals surface area contributed by atoms with Gasteiger partial charge in [-0.1, -0.05) is 24.3 Å². The summed E-state index contributed by atoms with van der Waals surface area (Å²) in [6.07, 6.45) is 0. The van der Waals surface area contributed by atoms with E-state index in [-0.39, 0.29) is 30.4 Å². The van der Waals surface area contributed by atoms with Crippen molar-refractivity contribution < 1.29 is 22.3 Å². The Morgan fingerprint density at radius 3 is 2.52 bits per heavy atom. The summed E-state index contributed by atoms with van der Waals surface area (Å²) in [5.41, 5.74) is 0.929. The van der Waals surface area contributed by atoms with Crippen LogP contribution in [0, 0.1) is 5.82 Å². The maximum absolute atomic E-state index is 13.9. The number of amides is 1. The first-order valence-electron chi connectivity index (χ1n) is 9.27. The molecule has 0 unspecified atom stereocenters. The van der Waals surface area contributed by atoms with Gasteiger partial charge >= 0.3 is 0 Å². The Kier molecular flexibility index (Phi) is 6.83. The highest BCUT2D eigenvalue weighted by Crippen LogP contribution is 2.20. The van der Waals surface area contributed by atoms with Crippen LogP contribution in [0.15, 0.2) is 53.4 Å². The van der Waals surface area contributed by atoms with Crippen molar-refractivity contribution in [3.05, 3.63) is 59.9 Å². The first kappa shape index (κ1) is 21.2. The summed E-state index contributed by atoms with van der Waals surface area (Å²) in [7, 11) is -2.29. The molecule has 1 aliphatic rings. The van der Waals surface area contributed by atoms with Gasteiger partial charge in [-0.2, -0.15) is 4.31 Å². The molecule has 0 spiro atoms. The first-order chi connectivity index (χ1) is 13.9. The molecule has 2 aromatic carbocycles. The number of nitrogens with zero attached hydrogens (tertiary/aromatic N) is 2. The van der Waals surface area contributed by atoms with Crippen molar-refractivity contribution in [1.29, 1.82) is 0 Å². The van der Waals surface area contributed by atoms with Gasteiger partial charge in [-0.15, -0.1) is 0 Å². The summed E-state index contributed by atoms with van der Waals surface area (Å²) >= 11 is 0. The van der Waals surface area contributed by atoms with E-state index >= 15 is 0 Å². The number of benzene rings is 2. The lowest BCUT2D eigenvalue weighted by Gasteiger charge is -2.33. The second-order valence-corrected chi connectivity index (χ2v) is 8.65. The fourth-order valence-electron chi connectivity index (χ4n) is 3.16. The molecule has 1 saturated heterocycles. The summed E-state index contributed by atoms with van der Waals surface area (Å²) in [6.45, 7) is 1.79. The van der Waals surface area contributed by atoms with Crippen LogP contribution < -0.4 is 10.1 Å². The summed E-state index contributed by atoms with van der Waals surface area (Å²) in [5.74, 6) is -0.172. The van der Waals surface area contributed by atoms with E-state index in [0.29, 0.717) is 19.6 Å². The zero-order valence-corrected chi connectivity index (χ0v) is 17.0. The molecule has 2 aromatic rings. The summed E-state index contributed by atoms with van der Waals surface area (Å²) in [6, 6.07) is 12.8. The molecule has 7 nitrogen and oxygen atoms in total. The predicted molar refractivity (Wildman–Crippen MR) is 106 cm³/mol. The molecule has 0 saturated carbocycles. The van der Waals surface area contributed by atoms with Gasteiger partial charge in [-0.05, 0) is 29.8 Å². The lowest BCUT2D eigenvalue weighted by Crippen LogP contribution is -2.51. The molecule has 1 N–H and O–H groups in total. The van der Waals surface area contributed by atoms with Crippen LogP contribution in [0.4, 0.5) is 4.39 Å². The topological polar surface area (TPSA) is 79.0 Å². The molecule has 1 heterocycles. The van der Waals surface area contributed by atoms with Gasteiger partial charge in [-0.25, -0.2) is 12.8 Å². The van der Waals surface area contributed by atoms with Crippen LogP contribution in [0.5, 0.6) is 5.75 Å². The van der Waals surface area contributed by atoms with Gasteiger partial charge in [0.15, 0.2) is 0 Å². The highest BCUT2D eigenvalue weighted by molar-refractivity contribution is 7.89. The largest absolute Gasteiger partial charge is 0.497 e.